The van der Waals surface area contributed by atoms with Gasteiger partial charge in [0, 0.05) is 5.56 Å². The smallest absolute Gasteiger partial charge is 0.338 e. The minimum absolute atomic E-state index is 0.126. The molecule has 0 fully saturated rings. The van der Waals surface area contributed by atoms with Crippen molar-refractivity contribution in [2.75, 3.05) is 13.2 Å². The van der Waals surface area contributed by atoms with E-state index in [9.17, 15) is 9.59 Å². The zero-order valence-corrected chi connectivity index (χ0v) is 12.7. The Balaban J connectivity index is 2.63. The topological polar surface area (TPSA) is 121 Å². The van der Waals surface area contributed by atoms with Crippen LogP contribution in [0.25, 0.3) is 0 Å². The number of rotatable bonds is 8. The molecule has 1 amide bonds. The maximum absolute atomic E-state index is 12.1. The summed E-state index contributed by atoms with van der Waals surface area (Å²) in [5.74, 6) is -0.631. The molecule has 0 aliphatic heterocycles. The first-order valence-electron chi connectivity index (χ1n) is 7.19. The third-order valence-electron chi connectivity index (χ3n) is 2.91. The SMILES string of the molecule is CCOC(=O)[C@@H](CCC[NH+]=C(N)N)NC(=O)c1ccccc1. The molecule has 7 nitrogen and oxygen atoms in total. The highest BCUT2D eigenvalue weighted by atomic mass is 16.5. The molecular formula is C15H23N4O3+. The fourth-order valence-electron chi connectivity index (χ4n) is 1.86. The number of amides is 1. The molecule has 0 unspecified atom stereocenters. The van der Waals surface area contributed by atoms with E-state index < -0.39 is 12.0 Å². The molecule has 7 heteroatoms. The van der Waals surface area contributed by atoms with E-state index in [0.717, 1.165) is 0 Å². The largest absolute Gasteiger partial charge is 0.464 e. The zero-order chi connectivity index (χ0) is 16.4. The molecule has 0 aliphatic carbocycles. The summed E-state index contributed by atoms with van der Waals surface area (Å²) in [4.78, 5) is 26.8. The third kappa shape index (κ3) is 6.25. The Morgan fingerprint density at radius 1 is 1.27 bits per heavy atom. The molecule has 0 saturated carbocycles. The van der Waals surface area contributed by atoms with Gasteiger partial charge in [-0.15, -0.1) is 0 Å². The molecule has 120 valence electrons. The lowest BCUT2D eigenvalue weighted by Crippen LogP contribution is -2.78. The summed E-state index contributed by atoms with van der Waals surface area (Å²) < 4.78 is 4.99. The number of esters is 1. The molecule has 0 saturated heterocycles. The van der Waals surface area contributed by atoms with Gasteiger partial charge < -0.3 is 10.1 Å². The number of guanidine groups is 1. The molecule has 0 radical (unpaired) electrons. The van der Waals surface area contributed by atoms with Crippen LogP contribution >= 0.6 is 0 Å². The van der Waals surface area contributed by atoms with Gasteiger partial charge in [0.25, 0.3) is 5.91 Å². The van der Waals surface area contributed by atoms with E-state index in [2.05, 4.69) is 10.3 Å². The van der Waals surface area contributed by atoms with Crippen molar-refractivity contribution in [3.63, 3.8) is 0 Å². The molecule has 1 aromatic rings. The van der Waals surface area contributed by atoms with Crippen molar-refractivity contribution in [2.24, 2.45) is 11.5 Å². The van der Waals surface area contributed by atoms with Crippen LogP contribution in [-0.2, 0) is 9.53 Å². The Bertz CT molecular complexity index is 513. The molecule has 0 spiro atoms. The van der Waals surface area contributed by atoms with Crippen LogP contribution in [0.2, 0.25) is 0 Å². The Labute approximate surface area is 129 Å². The van der Waals surface area contributed by atoms with Crippen LogP contribution in [0.5, 0.6) is 0 Å². The van der Waals surface area contributed by atoms with Gasteiger partial charge in [0.1, 0.15) is 6.04 Å². The van der Waals surface area contributed by atoms with E-state index in [1.54, 1.807) is 31.2 Å². The molecule has 0 aromatic heterocycles. The van der Waals surface area contributed by atoms with Crippen LogP contribution < -0.4 is 21.8 Å². The average molecular weight is 307 g/mol. The fourth-order valence-corrected chi connectivity index (χ4v) is 1.86. The normalized spacial score (nSPS) is 11.3. The molecule has 1 aromatic carbocycles. The van der Waals surface area contributed by atoms with Crippen LogP contribution in [0.15, 0.2) is 30.3 Å². The van der Waals surface area contributed by atoms with Crippen molar-refractivity contribution in [3.05, 3.63) is 35.9 Å². The van der Waals surface area contributed by atoms with Gasteiger partial charge in [0.15, 0.2) is 0 Å². The first-order chi connectivity index (χ1) is 10.5. The van der Waals surface area contributed by atoms with Crippen molar-refractivity contribution in [2.45, 2.75) is 25.8 Å². The Hall–Kier alpha value is -2.57. The first kappa shape index (κ1) is 17.5. The van der Waals surface area contributed by atoms with E-state index in [-0.39, 0.29) is 18.5 Å². The number of ether oxygens (including phenoxy) is 1. The Morgan fingerprint density at radius 2 is 1.95 bits per heavy atom. The second-order valence-corrected chi connectivity index (χ2v) is 4.67. The summed E-state index contributed by atoms with van der Waals surface area (Å²) in [6.07, 6.45) is 1.04. The molecule has 0 bridgehead atoms. The first-order valence-corrected chi connectivity index (χ1v) is 7.19. The number of hydrogen-bond acceptors (Lipinski definition) is 3. The van der Waals surface area contributed by atoms with Gasteiger partial charge in [-0.1, -0.05) is 18.2 Å². The Kier molecular flexibility index (Phi) is 7.45. The minimum Gasteiger partial charge on any atom is -0.464 e. The minimum atomic E-state index is -0.701. The highest BCUT2D eigenvalue weighted by Crippen LogP contribution is 2.03. The van der Waals surface area contributed by atoms with E-state index in [0.29, 0.717) is 24.9 Å². The van der Waals surface area contributed by atoms with Gasteiger partial charge in [0.05, 0.1) is 13.2 Å². The zero-order valence-electron chi connectivity index (χ0n) is 12.7. The predicted octanol–water partition coefficient (Wildman–Crippen LogP) is -1.52. The summed E-state index contributed by atoms with van der Waals surface area (Å²) in [7, 11) is 0. The number of carbonyl (C=O) groups excluding carboxylic acids is 2. The van der Waals surface area contributed by atoms with E-state index in [4.69, 9.17) is 16.2 Å². The van der Waals surface area contributed by atoms with Gasteiger partial charge >= 0.3 is 11.9 Å². The number of carbonyl (C=O) groups is 2. The highest BCUT2D eigenvalue weighted by Gasteiger charge is 2.22. The van der Waals surface area contributed by atoms with Crippen LogP contribution in [0.4, 0.5) is 0 Å². The quantitative estimate of drug-likeness (QED) is 0.201. The van der Waals surface area contributed by atoms with Crippen molar-refractivity contribution in [1.82, 2.24) is 5.32 Å². The standard InChI is InChI=1S/C15H22N4O3/c1-2-22-14(21)12(9-6-10-18-15(16)17)19-13(20)11-7-4-3-5-8-11/h3-5,7-8,12H,2,6,9-10H2,1H3,(H,19,20)(H4,16,17,18)/p+1/t12-/m1/s1. The summed E-state index contributed by atoms with van der Waals surface area (Å²) >= 11 is 0. The maximum atomic E-state index is 12.1. The monoisotopic (exact) mass is 307 g/mol. The maximum Gasteiger partial charge on any atom is 0.338 e. The van der Waals surface area contributed by atoms with Gasteiger partial charge in [-0.3, -0.25) is 21.3 Å². The van der Waals surface area contributed by atoms with Gasteiger partial charge in [-0.05, 0) is 31.9 Å². The lowest BCUT2D eigenvalue weighted by Gasteiger charge is -2.16. The number of hydrogen-bond donors (Lipinski definition) is 4. The molecule has 0 aliphatic rings. The van der Waals surface area contributed by atoms with E-state index in [1.807, 2.05) is 6.07 Å². The fraction of sp³-hybridized carbons (Fsp3) is 0.400. The van der Waals surface area contributed by atoms with Crippen LogP contribution in [0.3, 0.4) is 0 Å². The Morgan fingerprint density at radius 3 is 2.55 bits per heavy atom. The number of benzene rings is 1. The molecule has 0 heterocycles. The highest BCUT2D eigenvalue weighted by molar-refractivity contribution is 5.96. The number of nitrogens with two attached hydrogens (primary N) is 2. The average Bonchev–Trinajstić information content (AvgIpc) is 2.51. The summed E-state index contributed by atoms with van der Waals surface area (Å²) in [6, 6.07) is 8.01. The van der Waals surface area contributed by atoms with E-state index in [1.165, 1.54) is 0 Å². The van der Waals surface area contributed by atoms with Crippen molar-refractivity contribution >= 4 is 17.8 Å². The van der Waals surface area contributed by atoms with Crippen LogP contribution in [-0.4, -0.2) is 37.0 Å². The third-order valence-corrected chi connectivity index (χ3v) is 2.91. The van der Waals surface area contributed by atoms with Crippen molar-refractivity contribution in [3.8, 4) is 0 Å². The molecule has 1 atom stereocenters. The molecule has 6 N–H and O–H groups in total. The predicted molar refractivity (Wildman–Crippen MR) is 82.8 cm³/mol. The second kappa shape index (κ2) is 9.38. The molecule has 22 heavy (non-hydrogen) atoms. The second-order valence-electron chi connectivity index (χ2n) is 4.67. The molecule has 1 rings (SSSR count). The lowest BCUT2D eigenvalue weighted by atomic mass is 10.1. The molecular weight excluding hydrogens is 284 g/mol. The lowest BCUT2D eigenvalue weighted by molar-refractivity contribution is -0.459. The van der Waals surface area contributed by atoms with Crippen LogP contribution in [0.1, 0.15) is 30.1 Å². The summed E-state index contributed by atoms with van der Waals surface area (Å²) in [6.45, 7) is 2.50. The van der Waals surface area contributed by atoms with Gasteiger partial charge in [-0.2, -0.15) is 0 Å². The summed E-state index contributed by atoms with van der Waals surface area (Å²) in [5.41, 5.74) is 11.1. The van der Waals surface area contributed by atoms with Crippen molar-refractivity contribution in [1.29, 1.82) is 0 Å². The van der Waals surface area contributed by atoms with Crippen molar-refractivity contribution < 1.29 is 19.3 Å². The number of nitrogens with one attached hydrogen (secondary N) is 2. The van der Waals surface area contributed by atoms with E-state index >= 15 is 0 Å². The van der Waals surface area contributed by atoms with Gasteiger partial charge in [0.2, 0.25) is 0 Å². The van der Waals surface area contributed by atoms with Crippen LogP contribution in [0, 0.1) is 0 Å². The van der Waals surface area contributed by atoms with Gasteiger partial charge in [-0.25, -0.2) is 4.79 Å². The summed E-state index contributed by atoms with van der Waals surface area (Å²) in [5, 5.41) is 2.70.